The number of carboxylic acids is 1. The number of ether oxygens (including phenoxy) is 1. The van der Waals surface area contributed by atoms with E-state index in [-0.39, 0.29) is 0 Å². The number of aromatic nitrogens is 2. The monoisotopic (exact) mass is 492 g/mol. The predicted octanol–water partition coefficient (Wildman–Crippen LogP) is 4.84. The van der Waals surface area contributed by atoms with Crippen molar-refractivity contribution in [3.05, 3.63) is 108 Å². The van der Waals surface area contributed by atoms with Crippen molar-refractivity contribution in [1.29, 1.82) is 0 Å². The summed E-state index contributed by atoms with van der Waals surface area (Å²) in [5.41, 5.74) is 5.98. The van der Waals surface area contributed by atoms with Crippen molar-refractivity contribution in [2.45, 2.75) is 26.3 Å². The molecule has 0 aliphatic heterocycles. The molecule has 0 aliphatic carbocycles. The van der Waals surface area contributed by atoms with Gasteiger partial charge in [-0.15, -0.1) is 0 Å². The molecule has 36 heavy (non-hydrogen) atoms. The van der Waals surface area contributed by atoms with Crippen molar-refractivity contribution in [2.75, 3.05) is 0 Å². The highest BCUT2D eigenvalue weighted by Crippen LogP contribution is 2.29. The number of benzene rings is 3. The molecule has 0 aliphatic rings. The van der Waals surface area contributed by atoms with Crippen molar-refractivity contribution < 1.29 is 32.4 Å². The summed E-state index contributed by atoms with van der Waals surface area (Å²) >= 11 is 0. The minimum atomic E-state index is -5.19. The van der Waals surface area contributed by atoms with Crippen LogP contribution in [-0.2, 0) is 17.9 Å². The Hall–Kier alpha value is -4.33. The van der Waals surface area contributed by atoms with Gasteiger partial charge in [0.1, 0.15) is 23.8 Å². The zero-order valence-corrected chi connectivity index (χ0v) is 19.4. The van der Waals surface area contributed by atoms with Gasteiger partial charge in [0.15, 0.2) is 12.7 Å². The van der Waals surface area contributed by atoms with Gasteiger partial charge in [-0.05, 0) is 17.7 Å². The van der Waals surface area contributed by atoms with Gasteiger partial charge in [0.2, 0.25) is 5.69 Å². The Labute approximate surface area is 205 Å². The van der Waals surface area contributed by atoms with Crippen LogP contribution in [0.2, 0.25) is 0 Å². The lowest BCUT2D eigenvalue weighted by atomic mass is 10.1. The molecule has 0 fully saturated rings. The van der Waals surface area contributed by atoms with Crippen LogP contribution in [0.1, 0.15) is 16.8 Å². The van der Waals surface area contributed by atoms with E-state index < -0.39 is 12.1 Å². The molecule has 0 bridgehead atoms. The molecule has 0 saturated heterocycles. The molecular formula is C28H23F3N2O3. The maximum atomic E-state index is 10.5. The molecule has 0 radical (unpaired) electrons. The van der Waals surface area contributed by atoms with Crippen LogP contribution in [-0.4, -0.2) is 17.1 Å². The van der Waals surface area contributed by atoms with Gasteiger partial charge in [0.05, 0.1) is 5.52 Å². The number of carbonyl (C=O) groups excluding carboxylic acids is 1. The zero-order chi connectivity index (χ0) is 25.7. The van der Waals surface area contributed by atoms with Crippen LogP contribution >= 0.6 is 0 Å². The average Bonchev–Trinajstić information content (AvgIpc) is 3.24. The van der Waals surface area contributed by atoms with E-state index in [0.29, 0.717) is 6.61 Å². The predicted molar refractivity (Wildman–Crippen MR) is 128 cm³/mol. The van der Waals surface area contributed by atoms with Crippen molar-refractivity contribution in [3.63, 3.8) is 0 Å². The lowest BCUT2D eigenvalue weighted by Gasteiger charge is -2.06. The first-order valence-electron chi connectivity index (χ1n) is 11.2. The van der Waals surface area contributed by atoms with E-state index in [1.165, 1.54) is 33.1 Å². The smallest absolute Gasteiger partial charge is 0.430 e. The minimum Gasteiger partial charge on any atom is -0.542 e. The summed E-state index contributed by atoms with van der Waals surface area (Å²) in [6, 6.07) is 29.3. The number of H-pyrrole nitrogens is 1. The molecule has 0 spiro atoms. The molecule has 2 aromatic heterocycles. The number of hydrogen-bond acceptors (Lipinski definition) is 3. The Bertz CT molecular complexity index is 1480. The molecule has 5 nitrogen and oxygen atoms in total. The topological polar surface area (TPSA) is 69.0 Å². The summed E-state index contributed by atoms with van der Waals surface area (Å²) in [7, 11) is 0. The van der Waals surface area contributed by atoms with Crippen molar-refractivity contribution >= 4 is 27.8 Å². The molecule has 3 aromatic carbocycles. The van der Waals surface area contributed by atoms with E-state index in [0.717, 1.165) is 17.8 Å². The van der Waals surface area contributed by atoms with Crippen LogP contribution in [0.15, 0.2) is 91.1 Å². The molecule has 2 heterocycles. The number of pyridine rings is 1. The number of carboxylic acid groups (broad SMARTS) is 1. The van der Waals surface area contributed by atoms with Crippen molar-refractivity contribution in [1.82, 2.24) is 4.98 Å². The first kappa shape index (κ1) is 24.8. The molecule has 8 heteroatoms. The summed E-state index contributed by atoms with van der Waals surface area (Å²) in [6.07, 6.45) is -3.02. The molecule has 0 unspecified atom stereocenters. The van der Waals surface area contributed by atoms with Gasteiger partial charge in [0.25, 0.3) is 0 Å². The van der Waals surface area contributed by atoms with Gasteiger partial charge < -0.3 is 19.6 Å². The van der Waals surface area contributed by atoms with E-state index in [9.17, 15) is 13.2 Å². The van der Waals surface area contributed by atoms with Gasteiger partial charge >= 0.3 is 6.18 Å². The molecule has 0 amide bonds. The third-order valence-corrected chi connectivity index (χ3v) is 5.70. The number of aryl methyl sites for hydroxylation is 1. The third kappa shape index (κ3) is 5.83. The maximum Gasteiger partial charge on any atom is 0.430 e. The van der Waals surface area contributed by atoms with Crippen LogP contribution < -0.4 is 14.4 Å². The number of carbonyl (C=O) groups is 1. The van der Waals surface area contributed by atoms with Crippen LogP contribution in [0.25, 0.3) is 21.8 Å². The lowest BCUT2D eigenvalue weighted by molar-refractivity contribution is -0.693. The summed E-state index contributed by atoms with van der Waals surface area (Å²) in [6.45, 7) is 3.61. The number of alkyl halides is 3. The lowest BCUT2D eigenvalue weighted by Crippen LogP contribution is -2.37. The molecule has 1 N–H and O–H groups in total. The summed E-state index contributed by atoms with van der Waals surface area (Å²) in [4.78, 5) is 12.4. The van der Waals surface area contributed by atoms with E-state index in [1.807, 2.05) is 18.2 Å². The molecule has 0 atom stereocenters. The number of rotatable bonds is 5. The normalized spacial score (nSPS) is 11.2. The molecule has 184 valence electrons. The quantitative estimate of drug-likeness (QED) is 0.357. The largest absolute Gasteiger partial charge is 0.542 e. The van der Waals surface area contributed by atoms with Gasteiger partial charge in [0, 0.05) is 35.4 Å². The molecule has 5 aromatic rings. The molecule has 0 saturated carbocycles. The highest BCUT2D eigenvalue weighted by atomic mass is 19.4. The second-order valence-corrected chi connectivity index (χ2v) is 8.20. The zero-order valence-electron chi connectivity index (χ0n) is 19.4. The number of halogens is 3. The van der Waals surface area contributed by atoms with Gasteiger partial charge in [-0.3, -0.25) is 0 Å². The number of fused-ring (bicyclic) bond motifs is 3. The Morgan fingerprint density at radius 2 is 1.53 bits per heavy atom. The number of nitrogens with one attached hydrogen (secondary N) is 1. The first-order valence-corrected chi connectivity index (χ1v) is 11.2. The highest BCUT2D eigenvalue weighted by Gasteiger charge is 2.28. The fourth-order valence-electron chi connectivity index (χ4n) is 3.86. The van der Waals surface area contributed by atoms with E-state index in [2.05, 4.69) is 89.4 Å². The van der Waals surface area contributed by atoms with Crippen LogP contribution in [0.5, 0.6) is 5.75 Å². The number of aromatic amines is 1. The minimum absolute atomic E-state index is 0.572. The summed E-state index contributed by atoms with van der Waals surface area (Å²) in [5.74, 6) is -2.13. The fourth-order valence-corrected chi connectivity index (χ4v) is 3.86. The highest BCUT2D eigenvalue weighted by molar-refractivity contribution is 6.07. The van der Waals surface area contributed by atoms with Crippen LogP contribution in [0.4, 0.5) is 13.2 Å². The van der Waals surface area contributed by atoms with E-state index >= 15 is 0 Å². The molecule has 5 rings (SSSR count). The second-order valence-electron chi connectivity index (χ2n) is 8.20. The Kier molecular flexibility index (Phi) is 7.24. The van der Waals surface area contributed by atoms with Crippen LogP contribution in [0.3, 0.4) is 0 Å². The first-order chi connectivity index (χ1) is 17.2. The van der Waals surface area contributed by atoms with E-state index in [4.69, 9.17) is 14.6 Å². The fraction of sp³-hybridized carbons (Fsp3) is 0.143. The van der Waals surface area contributed by atoms with Gasteiger partial charge in [-0.25, -0.2) is 0 Å². The summed E-state index contributed by atoms with van der Waals surface area (Å²) in [5, 5.41) is 11.3. The van der Waals surface area contributed by atoms with Gasteiger partial charge in [-0.1, -0.05) is 60.7 Å². The Balaban J connectivity index is 0.000000384. The third-order valence-electron chi connectivity index (χ3n) is 5.70. The van der Waals surface area contributed by atoms with Crippen molar-refractivity contribution in [3.8, 4) is 5.75 Å². The number of hydrogen-bond donors (Lipinski definition) is 1. The summed E-state index contributed by atoms with van der Waals surface area (Å²) < 4.78 is 39.8. The Morgan fingerprint density at radius 3 is 2.14 bits per heavy atom. The standard InChI is InChI=1S/C26H22N2O.C2HF3O2/c1-19-26-24(14-15-28(19)17-20-8-4-2-5-9-20)23-13-12-22(16-25(23)27-26)29-18-21-10-6-3-7-11-21;3-2(4,5)1(6)7/h2-16H,17-18H2,1H3;(H,6,7). The van der Waals surface area contributed by atoms with Crippen LogP contribution in [0, 0.1) is 6.92 Å². The van der Waals surface area contributed by atoms with Gasteiger partial charge in [-0.2, -0.15) is 17.7 Å². The number of nitrogens with zero attached hydrogens (tertiary/aromatic N) is 1. The van der Waals surface area contributed by atoms with Crippen molar-refractivity contribution in [2.24, 2.45) is 0 Å². The second kappa shape index (κ2) is 10.5. The molecular weight excluding hydrogens is 469 g/mol. The number of aliphatic carboxylic acids is 1. The van der Waals surface area contributed by atoms with E-state index in [1.54, 1.807) is 0 Å². The SMILES string of the molecule is Cc1c2[nH]c3cc(OCc4ccccc4)ccc3c2cc[n+]1Cc1ccccc1.O=C([O-])C(F)(F)F. The Morgan fingerprint density at radius 1 is 0.917 bits per heavy atom. The average molecular weight is 492 g/mol. The maximum absolute atomic E-state index is 10.5.